The molecule has 11 heteroatoms. The van der Waals surface area contributed by atoms with E-state index >= 15 is 0 Å². The molecule has 0 aromatic heterocycles. The highest BCUT2D eigenvalue weighted by molar-refractivity contribution is 5.80. The van der Waals surface area contributed by atoms with Crippen molar-refractivity contribution in [2.45, 2.75) is 71.3 Å². The van der Waals surface area contributed by atoms with Gasteiger partial charge in [-0.3, -0.25) is 9.63 Å². The standard InChI is InChI=1S/C27H42N2O9/c1-16(2)18(11-17-9-10-21(35-7)22(12-17)37-15-23(31)28-6)13-20(29-38-27(3,4)5)24(32)19(14-30)25(36-8)26(33)34/h9-10,12,16,18,20,24-25,29,32H,11,13,15H2,1-8H3,(H,28,31)(H,33,34)/t18-,20-,24-,25+/m0/s1. The topological polar surface area (TPSA) is 153 Å². The summed E-state index contributed by atoms with van der Waals surface area (Å²) in [5.74, 6) is 0.834. The molecule has 1 amide bonds. The number of aliphatic hydroxyl groups excluding tert-OH is 1. The fourth-order valence-electron chi connectivity index (χ4n) is 3.74. The maximum Gasteiger partial charge on any atom is 0.338 e. The summed E-state index contributed by atoms with van der Waals surface area (Å²) < 4.78 is 15.9. The summed E-state index contributed by atoms with van der Waals surface area (Å²) in [5.41, 5.74) is 2.67. The first-order valence-electron chi connectivity index (χ1n) is 12.4. The second-order valence-electron chi connectivity index (χ2n) is 10.3. The van der Waals surface area contributed by atoms with Crippen molar-refractivity contribution in [3.8, 4) is 11.5 Å². The molecule has 1 aromatic rings. The second-order valence-corrected chi connectivity index (χ2v) is 10.3. The zero-order valence-corrected chi connectivity index (χ0v) is 23.5. The van der Waals surface area contributed by atoms with E-state index in [2.05, 4.69) is 10.8 Å². The molecule has 1 aromatic carbocycles. The molecule has 0 fully saturated rings. The molecule has 11 nitrogen and oxygen atoms in total. The number of carboxylic acids is 1. The summed E-state index contributed by atoms with van der Waals surface area (Å²) in [6, 6.07) is 4.58. The number of hydrogen-bond donors (Lipinski definition) is 4. The number of hydrogen-bond acceptors (Lipinski definition) is 9. The van der Waals surface area contributed by atoms with Gasteiger partial charge >= 0.3 is 5.97 Å². The third-order valence-electron chi connectivity index (χ3n) is 5.94. The highest BCUT2D eigenvalue weighted by Crippen LogP contribution is 2.32. The highest BCUT2D eigenvalue weighted by atomic mass is 16.7. The number of rotatable bonds is 16. The van der Waals surface area contributed by atoms with Gasteiger partial charge in [0, 0.05) is 14.2 Å². The first-order valence-corrected chi connectivity index (χ1v) is 12.4. The molecule has 0 aliphatic carbocycles. The number of carboxylic acid groups (broad SMARTS) is 1. The van der Waals surface area contributed by atoms with Crippen LogP contribution in [-0.2, 0) is 30.4 Å². The Morgan fingerprint density at radius 1 is 1.13 bits per heavy atom. The van der Waals surface area contributed by atoms with E-state index in [1.807, 2.05) is 40.7 Å². The third-order valence-corrected chi connectivity index (χ3v) is 5.94. The summed E-state index contributed by atoms with van der Waals surface area (Å²) in [4.78, 5) is 40.7. The van der Waals surface area contributed by atoms with Gasteiger partial charge in [0.05, 0.1) is 24.3 Å². The lowest BCUT2D eigenvalue weighted by molar-refractivity contribution is -0.147. The minimum Gasteiger partial charge on any atom is -0.493 e. The lowest BCUT2D eigenvalue weighted by atomic mass is 9.82. The number of amides is 1. The van der Waals surface area contributed by atoms with Crippen LogP contribution < -0.4 is 20.3 Å². The van der Waals surface area contributed by atoms with E-state index < -0.39 is 35.4 Å². The van der Waals surface area contributed by atoms with Gasteiger partial charge in [-0.25, -0.2) is 9.59 Å². The van der Waals surface area contributed by atoms with Crippen LogP contribution in [0.4, 0.5) is 0 Å². The number of ether oxygens (including phenoxy) is 3. The van der Waals surface area contributed by atoms with Crippen LogP contribution in [0.5, 0.6) is 11.5 Å². The molecule has 0 bridgehead atoms. The van der Waals surface area contributed by atoms with Crippen LogP contribution in [0.2, 0.25) is 0 Å². The number of aliphatic hydroxyl groups is 1. The predicted molar refractivity (Wildman–Crippen MR) is 141 cm³/mol. The average molecular weight is 539 g/mol. The number of likely N-dealkylation sites (N-methyl/N-ethyl adjacent to an activating group) is 1. The van der Waals surface area contributed by atoms with Gasteiger partial charge in [0.15, 0.2) is 24.2 Å². The zero-order valence-electron chi connectivity index (χ0n) is 23.5. The Kier molecular flexibility index (Phi) is 13.5. The summed E-state index contributed by atoms with van der Waals surface area (Å²) in [7, 11) is 4.17. The minimum absolute atomic E-state index is 0.0513. The molecule has 4 N–H and O–H groups in total. The van der Waals surface area contributed by atoms with Gasteiger partial charge in [-0.15, -0.1) is 0 Å². The Labute approximate surface area is 224 Å². The Hall–Kier alpha value is -2.95. The van der Waals surface area contributed by atoms with Gasteiger partial charge in [-0.05, 0) is 63.1 Å². The maximum absolute atomic E-state index is 11.7. The van der Waals surface area contributed by atoms with Crippen LogP contribution >= 0.6 is 0 Å². The van der Waals surface area contributed by atoms with Crippen molar-refractivity contribution in [2.24, 2.45) is 11.8 Å². The van der Waals surface area contributed by atoms with Crippen molar-refractivity contribution in [2.75, 3.05) is 27.9 Å². The predicted octanol–water partition coefficient (Wildman–Crippen LogP) is 1.93. The van der Waals surface area contributed by atoms with Crippen LogP contribution in [0.25, 0.3) is 0 Å². The van der Waals surface area contributed by atoms with E-state index in [1.165, 1.54) is 14.2 Å². The highest BCUT2D eigenvalue weighted by Gasteiger charge is 2.36. The Balaban J connectivity index is 3.28. The van der Waals surface area contributed by atoms with Crippen LogP contribution in [0.15, 0.2) is 23.8 Å². The molecule has 4 atom stereocenters. The van der Waals surface area contributed by atoms with Crippen LogP contribution in [0.1, 0.15) is 46.6 Å². The summed E-state index contributed by atoms with van der Waals surface area (Å²) in [6.07, 6.45) is -2.33. The van der Waals surface area contributed by atoms with E-state index in [0.29, 0.717) is 24.3 Å². The Morgan fingerprint density at radius 3 is 2.26 bits per heavy atom. The minimum atomic E-state index is -1.65. The smallest absolute Gasteiger partial charge is 0.338 e. The molecular weight excluding hydrogens is 496 g/mol. The van der Waals surface area contributed by atoms with Gasteiger partial charge in [0.25, 0.3) is 5.91 Å². The van der Waals surface area contributed by atoms with Gasteiger partial charge in [0.2, 0.25) is 0 Å². The quantitative estimate of drug-likeness (QED) is 0.181. The van der Waals surface area contributed by atoms with Crippen molar-refractivity contribution < 1.29 is 43.6 Å². The summed E-state index contributed by atoms with van der Waals surface area (Å²) in [6.45, 7) is 9.32. The van der Waals surface area contributed by atoms with Crippen LogP contribution in [-0.4, -0.2) is 79.8 Å². The van der Waals surface area contributed by atoms with Gasteiger partial charge < -0.3 is 29.7 Å². The van der Waals surface area contributed by atoms with E-state index in [0.717, 1.165) is 12.7 Å². The fraction of sp³-hybridized carbons (Fsp3) is 0.630. The van der Waals surface area contributed by atoms with E-state index in [9.17, 15) is 24.6 Å². The third kappa shape index (κ3) is 10.4. The Morgan fingerprint density at radius 2 is 1.79 bits per heavy atom. The van der Waals surface area contributed by atoms with Crippen molar-refractivity contribution in [3.05, 3.63) is 29.3 Å². The van der Waals surface area contributed by atoms with Gasteiger partial charge in [-0.1, -0.05) is 19.9 Å². The molecule has 0 spiro atoms. The molecule has 38 heavy (non-hydrogen) atoms. The first kappa shape index (κ1) is 33.1. The van der Waals surface area contributed by atoms with Crippen molar-refractivity contribution >= 4 is 17.8 Å². The number of aliphatic carboxylic acids is 1. The maximum atomic E-state index is 11.7. The van der Waals surface area contributed by atoms with Gasteiger partial charge in [0.1, 0.15) is 12.0 Å². The monoisotopic (exact) mass is 538 g/mol. The van der Waals surface area contributed by atoms with Crippen molar-refractivity contribution in [1.82, 2.24) is 10.8 Å². The molecule has 214 valence electrons. The number of carbonyl (C=O) groups excluding carboxylic acids is 2. The number of carbonyl (C=O) groups is 2. The molecule has 0 aliphatic rings. The molecule has 0 saturated carbocycles. The molecule has 0 aliphatic heterocycles. The SMILES string of the molecule is CNC(=O)COc1cc(C[C@@H](C[C@H](NOC(C)(C)C)[C@@H](O)C(=C=O)[C@@H](OC)C(=O)O)C(C)C)ccc1OC. The van der Waals surface area contributed by atoms with E-state index in [-0.39, 0.29) is 24.3 Å². The average Bonchev–Trinajstić information content (AvgIpc) is 2.86. The molecule has 1 rings (SSSR count). The molecule has 0 saturated heterocycles. The number of methoxy groups -OCH3 is 2. The molecule has 0 unspecified atom stereocenters. The Bertz CT molecular complexity index is 968. The first-order chi connectivity index (χ1) is 17.8. The van der Waals surface area contributed by atoms with Crippen molar-refractivity contribution in [1.29, 1.82) is 0 Å². The summed E-state index contributed by atoms with van der Waals surface area (Å²) >= 11 is 0. The fourth-order valence-corrected chi connectivity index (χ4v) is 3.74. The number of benzene rings is 1. The molecule has 0 heterocycles. The number of hydroxylamine groups is 1. The molecule has 0 radical (unpaired) electrons. The van der Waals surface area contributed by atoms with E-state index in [1.54, 1.807) is 18.1 Å². The lowest BCUT2D eigenvalue weighted by Gasteiger charge is -2.33. The second kappa shape index (κ2) is 15.5. The van der Waals surface area contributed by atoms with Gasteiger partial charge in [-0.2, -0.15) is 5.48 Å². The zero-order chi connectivity index (χ0) is 29.0. The molecular formula is C27H42N2O9. The lowest BCUT2D eigenvalue weighted by Crippen LogP contribution is -2.48. The summed E-state index contributed by atoms with van der Waals surface area (Å²) in [5, 5.41) is 23.1. The van der Waals surface area contributed by atoms with Crippen LogP contribution in [0, 0.1) is 11.8 Å². The van der Waals surface area contributed by atoms with Crippen LogP contribution in [0.3, 0.4) is 0 Å². The number of nitrogens with one attached hydrogen (secondary N) is 2. The van der Waals surface area contributed by atoms with E-state index in [4.69, 9.17) is 19.0 Å². The largest absolute Gasteiger partial charge is 0.493 e. The van der Waals surface area contributed by atoms with Crippen molar-refractivity contribution in [3.63, 3.8) is 0 Å². The normalized spacial score (nSPS) is 14.7.